The number of benzene rings is 1. The van der Waals surface area contributed by atoms with Crippen LogP contribution in [0.25, 0.3) is 0 Å². The summed E-state index contributed by atoms with van der Waals surface area (Å²) in [6, 6.07) is 3.58. The predicted octanol–water partition coefficient (Wildman–Crippen LogP) is 2.64. The molecule has 1 fully saturated rings. The maximum absolute atomic E-state index is 11.8. The minimum atomic E-state index is -3.26. The van der Waals surface area contributed by atoms with Crippen LogP contribution < -0.4 is 0 Å². The molecule has 0 heterocycles. The van der Waals surface area contributed by atoms with Gasteiger partial charge in [0.15, 0.2) is 9.84 Å². The molecular weight excluding hydrogens is 336 g/mol. The molecule has 100 valence electrons. The van der Waals surface area contributed by atoms with E-state index >= 15 is 0 Å². The summed E-state index contributed by atoms with van der Waals surface area (Å²) in [5.74, 6) is 0. The summed E-state index contributed by atoms with van der Waals surface area (Å²) in [4.78, 5) is 1.06. The highest BCUT2D eigenvalue weighted by Crippen LogP contribution is 2.40. The van der Waals surface area contributed by atoms with Crippen LogP contribution >= 0.6 is 27.7 Å². The maximum atomic E-state index is 11.8. The molecule has 0 spiro atoms. The van der Waals surface area contributed by atoms with Gasteiger partial charge in [0.1, 0.15) is 0 Å². The second kappa shape index (κ2) is 4.81. The van der Waals surface area contributed by atoms with Gasteiger partial charge in [0.2, 0.25) is 0 Å². The SMILES string of the molecule is CSc1c(Br)cc(CC2(O)CC2)cc1S(C)(=O)=O. The molecule has 0 aromatic heterocycles. The highest BCUT2D eigenvalue weighted by Gasteiger charge is 2.40. The van der Waals surface area contributed by atoms with Gasteiger partial charge >= 0.3 is 0 Å². The number of hydrogen-bond donors (Lipinski definition) is 1. The van der Waals surface area contributed by atoms with E-state index < -0.39 is 15.4 Å². The number of aliphatic hydroxyl groups is 1. The Bertz CT molecular complexity index is 577. The Labute approximate surface area is 120 Å². The molecule has 0 unspecified atom stereocenters. The fourth-order valence-corrected chi connectivity index (χ4v) is 5.05. The first-order valence-electron chi connectivity index (χ1n) is 5.54. The molecule has 3 nitrogen and oxygen atoms in total. The highest BCUT2D eigenvalue weighted by molar-refractivity contribution is 9.10. The van der Waals surface area contributed by atoms with Gasteiger partial charge in [-0.3, -0.25) is 0 Å². The van der Waals surface area contributed by atoms with Crippen LogP contribution in [0.1, 0.15) is 18.4 Å². The highest BCUT2D eigenvalue weighted by atomic mass is 79.9. The molecule has 0 saturated heterocycles. The lowest BCUT2D eigenvalue weighted by atomic mass is 10.1. The molecule has 6 heteroatoms. The number of thioether (sulfide) groups is 1. The molecule has 2 rings (SSSR count). The summed E-state index contributed by atoms with van der Waals surface area (Å²) in [6.07, 6.45) is 5.17. The van der Waals surface area contributed by atoms with E-state index in [9.17, 15) is 13.5 Å². The first-order valence-corrected chi connectivity index (χ1v) is 9.45. The predicted molar refractivity (Wildman–Crippen MR) is 76.9 cm³/mol. The molecule has 0 atom stereocenters. The Hall–Kier alpha value is -0.0400. The summed E-state index contributed by atoms with van der Waals surface area (Å²) in [6.45, 7) is 0. The zero-order valence-electron chi connectivity index (χ0n) is 10.2. The van der Waals surface area contributed by atoms with Crippen molar-refractivity contribution in [2.75, 3.05) is 12.5 Å². The first kappa shape index (κ1) is 14.4. The van der Waals surface area contributed by atoms with Gasteiger partial charge in [-0.1, -0.05) is 0 Å². The van der Waals surface area contributed by atoms with Crippen molar-refractivity contribution in [3.63, 3.8) is 0 Å². The third-order valence-electron chi connectivity index (χ3n) is 3.03. The first-order chi connectivity index (χ1) is 8.25. The molecule has 0 bridgehead atoms. The fraction of sp³-hybridized carbons (Fsp3) is 0.500. The topological polar surface area (TPSA) is 54.4 Å². The Morgan fingerprint density at radius 3 is 2.50 bits per heavy atom. The van der Waals surface area contributed by atoms with Crippen LogP contribution in [0.3, 0.4) is 0 Å². The van der Waals surface area contributed by atoms with E-state index in [1.54, 1.807) is 6.07 Å². The van der Waals surface area contributed by atoms with E-state index in [0.717, 1.165) is 27.8 Å². The average Bonchev–Trinajstić information content (AvgIpc) is 2.94. The molecule has 0 amide bonds. The molecule has 1 aromatic rings. The fourth-order valence-electron chi connectivity index (χ4n) is 1.90. The van der Waals surface area contributed by atoms with Gasteiger partial charge in [0, 0.05) is 22.0 Å². The van der Waals surface area contributed by atoms with Crippen molar-refractivity contribution in [2.24, 2.45) is 0 Å². The Kier molecular flexibility index (Phi) is 3.84. The maximum Gasteiger partial charge on any atom is 0.176 e. The number of halogens is 1. The van der Waals surface area contributed by atoms with Crippen LogP contribution in [-0.2, 0) is 16.3 Å². The Balaban J connectivity index is 2.49. The summed E-state index contributed by atoms with van der Waals surface area (Å²) in [7, 11) is -3.26. The average molecular weight is 351 g/mol. The van der Waals surface area contributed by atoms with Gasteiger partial charge in [-0.05, 0) is 52.7 Å². The second-order valence-corrected chi connectivity index (χ2v) is 8.44. The molecule has 1 aliphatic carbocycles. The van der Waals surface area contributed by atoms with E-state index in [-0.39, 0.29) is 0 Å². The summed E-state index contributed by atoms with van der Waals surface area (Å²) < 4.78 is 24.4. The monoisotopic (exact) mass is 350 g/mol. The van der Waals surface area contributed by atoms with Crippen molar-refractivity contribution in [1.82, 2.24) is 0 Å². The Morgan fingerprint density at radius 1 is 1.44 bits per heavy atom. The van der Waals surface area contributed by atoms with Crippen molar-refractivity contribution in [3.05, 3.63) is 22.2 Å². The molecule has 1 saturated carbocycles. The molecule has 0 aliphatic heterocycles. The van der Waals surface area contributed by atoms with Crippen LogP contribution in [0.2, 0.25) is 0 Å². The molecule has 1 N–H and O–H groups in total. The van der Waals surface area contributed by atoms with Crippen LogP contribution in [-0.4, -0.2) is 31.6 Å². The lowest BCUT2D eigenvalue weighted by molar-refractivity contribution is 0.151. The van der Waals surface area contributed by atoms with Crippen molar-refractivity contribution >= 4 is 37.5 Å². The van der Waals surface area contributed by atoms with Crippen molar-refractivity contribution in [3.8, 4) is 0 Å². The van der Waals surface area contributed by atoms with Gasteiger partial charge in [-0.15, -0.1) is 11.8 Å². The van der Waals surface area contributed by atoms with Crippen molar-refractivity contribution < 1.29 is 13.5 Å². The molecular formula is C12H15BrO3S2. The minimum Gasteiger partial charge on any atom is -0.390 e. The summed E-state index contributed by atoms with van der Waals surface area (Å²) >= 11 is 4.81. The van der Waals surface area contributed by atoms with Gasteiger partial charge in [0.25, 0.3) is 0 Å². The quantitative estimate of drug-likeness (QED) is 0.848. The third kappa shape index (κ3) is 3.10. The summed E-state index contributed by atoms with van der Waals surface area (Å²) in [5, 5.41) is 9.92. The van der Waals surface area contributed by atoms with E-state index in [1.165, 1.54) is 18.0 Å². The van der Waals surface area contributed by atoms with E-state index in [2.05, 4.69) is 15.9 Å². The van der Waals surface area contributed by atoms with E-state index in [1.807, 2.05) is 12.3 Å². The van der Waals surface area contributed by atoms with Crippen LogP contribution in [0, 0.1) is 0 Å². The number of hydrogen-bond acceptors (Lipinski definition) is 4. The lowest BCUT2D eigenvalue weighted by Crippen LogP contribution is -2.12. The largest absolute Gasteiger partial charge is 0.390 e. The zero-order chi connectivity index (χ0) is 13.6. The normalized spacial score (nSPS) is 17.8. The number of sulfone groups is 1. The third-order valence-corrected chi connectivity index (χ3v) is 6.02. The van der Waals surface area contributed by atoms with Crippen LogP contribution in [0.5, 0.6) is 0 Å². The second-order valence-electron chi connectivity index (χ2n) is 4.78. The Morgan fingerprint density at radius 2 is 2.06 bits per heavy atom. The van der Waals surface area contributed by atoms with Crippen LogP contribution in [0.15, 0.2) is 26.4 Å². The van der Waals surface area contributed by atoms with Crippen molar-refractivity contribution in [1.29, 1.82) is 0 Å². The molecule has 1 aliphatic rings. The number of rotatable bonds is 4. The molecule has 1 aromatic carbocycles. The standard InChI is InChI=1S/C12H15BrO3S2/c1-17-11-9(13)5-8(7-12(14)3-4-12)6-10(11)18(2,15)16/h5-6,14H,3-4,7H2,1-2H3. The lowest BCUT2D eigenvalue weighted by Gasteiger charge is -2.13. The zero-order valence-corrected chi connectivity index (χ0v) is 13.5. The van der Waals surface area contributed by atoms with Gasteiger partial charge in [0.05, 0.1) is 10.5 Å². The van der Waals surface area contributed by atoms with Gasteiger partial charge in [-0.2, -0.15) is 0 Å². The van der Waals surface area contributed by atoms with Gasteiger partial charge < -0.3 is 5.11 Å². The van der Waals surface area contributed by atoms with Crippen molar-refractivity contribution in [2.45, 2.75) is 34.7 Å². The smallest absolute Gasteiger partial charge is 0.176 e. The van der Waals surface area contributed by atoms with Crippen LogP contribution in [0.4, 0.5) is 0 Å². The van der Waals surface area contributed by atoms with E-state index in [0.29, 0.717) is 11.3 Å². The molecule has 0 radical (unpaired) electrons. The van der Waals surface area contributed by atoms with Gasteiger partial charge in [-0.25, -0.2) is 8.42 Å². The summed E-state index contributed by atoms with van der Waals surface area (Å²) in [5.41, 5.74) is 0.245. The van der Waals surface area contributed by atoms with E-state index in [4.69, 9.17) is 0 Å². The molecule has 18 heavy (non-hydrogen) atoms. The minimum absolute atomic E-state index is 0.337.